The molecule has 3 heterocycles. The number of rotatable bonds is 3. The number of hydrogen-bond donors (Lipinski definition) is 0. The van der Waals surface area contributed by atoms with Gasteiger partial charge in [0.1, 0.15) is 12.1 Å². The highest BCUT2D eigenvalue weighted by Crippen LogP contribution is 2.27. The summed E-state index contributed by atoms with van der Waals surface area (Å²) in [5.41, 5.74) is 2.22. The van der Waals surface area contributed by atoms with Crippen LogP contribution in [0.4, 0.5) is 5.82 Å². The molecule has 1 aliphatic rings. The lowest BCUT2D eigenvalue weighted by molar-refractivity contribution is 0.340. The van der Waals surface area contributed by atoms with Crippen LogP contribution in [0.25, 0.3) is 0 Å². The Balaban J connectivity index is 1.62. The highest BCUT2D eigenvalue weighted by Gasteiger charge is 2.29. The van der Waals surface area contributed by atoms with E-state index in [4.69, 9.17) is 11.6 Å². The van der Waals surface area contributed by atoms with Crippen molar-refractivity contribution in [2.75, 3.05) is 18.0 Å². The van der Waals surface area contributed by atoms with Crippen molar-refractivity contribution < 1.29 is 0 Å². The molecule has 1 fully saturated rings. The first-order chi connectivity index (χ1) is 9.13. The zero-order valence-electron chi connectivity index (χ0n) is 11.0. The smallest absolute Gasteiger partial charge is 0.135 e. The zero-order chi connectivity index (χ0) is 13.4. The van der Waals surface area contributed by atoms with Gasteiger partial charge in [-0.3, -0.25) is 4.68 Å². The van der Waals surface area contributed by atoms with Crippen LogP contribution < -0.4 is 4.90 Å². The fourth-order valence-electron chi connectivity index (χ4n) is 2.41. The second kappa shape index (κ2) is 4.81. The molecule has 0 aromatic carbocycles. The minimum absolute atomic E-state index is 0.602. The Morgan fingerprint density at radius 1 is 1.32 bits per heavy atom. The molecule has 0 amide bonds. The molecule has 3 rings (SSSR count). The maximum Gasteiger partial charge on any atom is 0.135 e. The minimum atomic E-state index is 0.602. The fraction of sp³-hybridized carbons (Fsp3) is 0.462. The van der Waals surface area contributed by atoms with Gasteiger partial charge in [-0.2, -0.15) is 5.10 Å². The van der Waals surface area contributed by atoms with Gasteiger partial charge in [-0.15, -0.1) is 0 Å². The molecule has 0 bridgehead atoms. The summed E-state index contributed by atoms with van der Waals surface area (Å²) >= 11 is 5.86. The van der Waals surface area contributed by atoms with Gasteiger partial charge in [0, 0.05) is 43.0 Å². The Hall–Kier alpha value is -1.62. The largest absolute Gasteiger partial charge is 0.355 e. The maximum atomic E-state index is 5.86. The molecule has 0 N–H and O–H groups in total. The number of anilines is 1. The van der Waals surface area contributed by atoms with Crippen LogP contribution in [0.15, 0.2) is 18.7 Å². The van der Waals surface area contributed by atoms with Gasteiger partial charge in [-0.25, -0.2) is 9.97 Å². The lowest BCUT2D eigenvalue weighted by Gasteiger charge is -2.40. The van der Waals surface area contributed by atoms with E-state index in [0.717, 1.165) is 31.1 Å². The van der Waals surface area contributed by atoms with Gasteiger partial charge in [0.05, 0.1) is 11.2 Å². The van der Waals surface area contributed by atoms with E-state index in [1.807, 2.05) is 17.8 Å². The van der Waals surface area contributed by atoms with E-state index in [1.165, 1.54) is 5.56 Å². The van der Waals surface area contributed by atoms with Gasteiger partial charge in [0.25, 0.3) is 0 Å². The van der Waals surface area contributed by atoms with Crippen LogP contribution in [0.3, 0.4) is 0 Å². The van der Waals surface area contributed by atoms with Crippen LogP contribution in [-0.4, -0.2) is 32.8 Å². The van der Waals surface area contributed by atoms with E-state index >= 15 is 0 Å². The summed E-state index contributed by atoms with van der Waals surface area (Å²) in [5.74, 6) is 1.66. The van der Waals surface area contributed by atoms with Crippen LogP contribution in [0, 0.1) is 19.8 Å². The summed E-state index contributed by atoms with van der Waals surface area (Å²) < 4.78 is 1.91. The third-order valence-electron chi connectivity index (χ3n) is 3.61. The molecular formula is C13H16ClN5. The third-order valence-corrected chi connectivity index (χ3v) is 3.81. The first-order valence-corrected chi connectivity index (χ1v) is 6.72. The summed E-state index contributed by atoms with van der Waals surface area (Å²) in [7, 11) is 0. The van der Waals surface area contributed by atoms with Crippen molar-refractivity contribution in [2.45, 2.75) is 20.4 Å². The Bertz CT molecular complexity index is 588. The van der Waals surface area contributed by atoms with E-state index in [2.05, 4.69) is 26.9 Å². The van der Waals surface area contributed by atoms with Crippen LogP contribution in [0.2, 0.25) is 5.02 Å². The van der Waals surface area contributed by atoms with E-state index in [1.54, 1.807) is 12.5 Å². The monoisotopic (exact) mass is 277 g/mol. The molecule has 0 unspecified atom stereocenters. The second-order valence-electron chi connectivity index (χ2n) is 5.06. The molecule has 1 aliphatic heterocycles. The molecule has 2 aromatic heterocycles. The minimum Gasteiger partial charge on any atom is -0.355 e. The molecular weight excluding hydrogens is 262 g/mol. The van der Waals surface area contributed by atoms with Crippen LogP contribution in [-0.2, 0) is 6.54 Å². The van der Waals surface area contributed by atoms with E-state index < -0.39 is 0 Å². The fourth-order valence-corrected chi connectivity index (χ4v) is 2.56. The number of halogens is 1. The number of aryl methyl sites for hydroxylation is 1. The lowest BCUT2D eigenvalue weighted by atomic mass is 9.99. The number of aromatic nitrogens is 4. The van der Waals surface area contributed by atoms with Crippen molar-refractivity contribution in [3.8, 4) is 0 Å². The van der Waals surface area contributed by atoms with Crippen molar-refractivity contribution in [1.82, 2.24) is 19.7 Å². The third kappa shape index (κ3) is 2.42. The Kier molecular flexibility index (Phi) is 3.14. The molecule has 0 atom stereocenters. The quantitative estimate of drug-likeness (QED) is 0.862. The second-order valence-corrected chi connectivity index (χ2v) is 5.50. The van der Waals surface area contributed by atoms with Gasteiger partial charge < -0.3 is 4.90 Å². The van der Waals surface area contributed by atoms with E-state index in [0.29, 0.717) is 10.9 Å². The number of hydrogen-bond acceptors (Lipinski definition) is 4. The summed E-state index contributed by atoms with van der Waals surface area (Å²) in [6.07, 6.45) is 5.18. The Morgan fingerprint density at radius 3 is 2.79 bits per heavy atom. The normalized spacial score (nSPS) is 15.6. The van der Waals surface area contributed by atoms with Crippen molar-refractivity contribution in [3.63, 3.8) is 0 Å². The lowest BCUT2D eigenvalue weighted by Crippen LogP contribution is -2.49. The summed E-state index contributed by atoms with van der Waals surface area (Å²) in [5, 5.41) is 4.90. The van der Waals surface area contributed by atoms with Gasteiger partial charge >= 0.3 is 0 Å². The van der Waals surface area contributed by atoms with Gasteiger partial charge in [-0.05, 0) is 13.8 Å². The van der Waals surface area contributed by atoms with Crippen LogP contribution in [0.1, 0.15) is 11.3 Å². The molecule has 0 saturated carbocycles. The highest BCUT2D eigenvalue weighted by atomic mass is 35.5. The molecule has 6 heteroatoms. The average molecular weight is 278 g/mol. The predicted octanol–water partition coefficient (Wildman–Crippen LogP) is 2.08. The summed E-state index contributed by atoms with van der Waals surface area (Å²) in [6, 6.07) is 0. The van der Waals surface area contributed by atoms with E-state index in [-0.39, 0.29) is 0 Å². The molecule has 19 heavy (non-hydrogen) atoms. The molecule has 2 aromatic rings. The first-order valence-electron chi connectivity index (χ1n) is 6.34. The summed E-state index contributed by atoms with van der Waals surface area (Å²) in [6.45, 7) is 7.02. The van der Waals surface area contributed by atoms with E-state index in [9.17, 15) is 0 Å². The van der Waals surface area contributed by atoms with Crippen molar-refractivity contribution in [1.29, 1.82) is 0 Å². The van der Waals surface area contributed by atoms with Gasteiger partial charge in [-0.1, -0.05) is 11.6 Å². The van der Waals surface area contributed by atoms with Crippen LogP contribution >= 0.6 is 11.6 Å². The Labute approximate surface area is 117 Å². The zero-order valence-corrected chi connectivity index (χ0v) is 11.8. The number of nitrogens with zero attached hydrogens (tertiary/aromatic N) is 5. The standard InChI is InChI=1S/C13H16ClN5/c1-9-10(2)15-8-16-13(9)18-4-11(5-18)6-19-7-12(14)3-17-19/h3,7-8,11H,4-6H2,1-2H3. The van der Waals surface area contributed by atoms with Gasteiger partial charge in [0.15, 0.2) is 0 Å². The average Bonchev–Trinajstić information content (AvgIpc) is 2.73. The van der Waals surface area contributed by atoms with Crippen molar-refractivity contribution in [2.24, 2.45) is 5.92 Å². The topological polar surface area (TPSA) is 46.8 Å². The molecule has 1 saturated heterocycles. The highest BCUT2D eigenvalue weighted by molar-refractivity contribution is 6.30. The predicted molar refractivity (Wildman–Crippen MR) is 74.4 cm³/mol. The van der Waals surface area contributed by atoms with Crippen molar-refractivity contribution in [3.05, 3.63) is 35.0 Å². The Morgan fingerprint density at radius 2 is 2.11 bits per heavy atom. The first kappa shape index (κ1) is 12.4. The SMILES string of the molecule is Cc1ncnc(N2CC(Cn3cc(Cl)cn3)C2)c1C. The molecule has 5 nitrogen and oxygen atoms in total. The molecule has 0 spiro atoms. The van der Waals surface area contributed by atoms with Crippen LogP contribution in [0.5, 0.6) is 0 Å². The molecule has 100 valence electrons. The summed E-state index contributed by atoms with van der Waals surface area (Å²) in [4.78, 5) is 10.9. The molecule has 0 radical (unpaired) electrons. The maximum absolute atomic E-state index is 5.86. The van der Waals surface area contributed by atoms with Crippen molar-refractivity contribution >= 4 is 17.4 Å². The molecule has 0 aliphatic carbocycles. The van der Waals surface area contributed by atoms with Gasteiger partial charge in [0.2, 0.25) is 0 Å².